The smallest absolute Gasteiger partial charge is 0.0872 e. The molecule has 2 rings (SSSR count). The van der Waals surface area contributed by atoms with Crippen molar-refractivity contribution in [2.75, 3.05) is 6.54 Å². The van der Waals surface area contributed by atoms with Gasteiger partial charge in [-0.05, 0) is 30.9 Å². The normalized spacial score (nSPS) is 13.8. The number of rotatable bonds is 5. The van der Waals surface area contributed by atoms with Crippen LogP contribution >= 0.6 is 0 Å². The Balaban J connectivity index is 2.31. The fraction of sp³-hybridized carbons (Fsp3) is 0.588. The van der Waals surface area contributed by atoms with Crippen LogP contribution in [-0.2, 0) is 7.05 Å². The SMILES string of the molecule is CCNC(CCC(C)(C)C)c1nn(C)c2ccccc12. The van der Waals surface area contributed by atoms with Crippen molar-refractivity contribution < 1.29 is 0 Å². The van der Waals surface area contributed by atoms with E-state index in [1.165, 1.54) is 23.0 Å². The maximum Gasteiger partial charge on any atom is 0.0872 e. The van der Waals surface area contributed by atoms with Crippen LogP contribution in [0.1, 0.15) is 52.3 Å². The average molecular weight is 273 g/mol. The molecule has 0 fully saturated rings. The van der Waals surface area contributed by atoms with Gasteiger partial charge in [0.25, 0.3) is 0 Å². The van der Waals surface area contributed by atoms with E-state index >= 15 is 0 Å². The Morgan fingerprint density at radius 3 is 2.60 bits per heavy atom. The maximum atomic E-state index is 4.76. The summed E-state index contributed by atoms with van der Waals surface area (Å²) in [6.45, 7) is 10.0. The fourth-order valence-corrected chi connectivity index (χ4v) is 2.66. The summed E-state index contributed by atoms with van der Waals surface area (Å²) < 4.78 is 1.99. The number of hydrogen-bond acceptors (Lipinski definition) is 2. The van der Waals surface area contributed by atoms with Gasteiger partial charge in [0.1, 0.15) is 0 Å². The molecule has 0 radical (unpaired) electrons. The van der Waals surface area contributed by atoms with Gasteiger partial charge in [-0.25, -0.2) is 0 Å². The molecule has 1 heterocycles. The Labute approximate surface area is 122 Å². The molecule has 0 bridgehead atoms. The topological polar surface area (TPSA) is 29.9 Å². The van der Waals surface area contributed by atoms with Crippen LogP contribution in [0.3, 0.4) is 0 Å². The summed E-state index contributed by atoms with van der Waals surface area (Å²) in [5.74, 6) is 0. The van der Waals surface area contributed by atoms with Crippen LogP contribution in [0.25, 0.3) is 10.9 Å². The van der Waals surface area contributed by atoms with E-state index in [9.17, 15) is 0 Å². The zero-order chi connectivity index (χ0) is 14.8. The molecule has 0 spiro atoms. The van der Waals surface area contributed by atoms with Gasteiger partial charge in [0.15, 0.2) is 0 Å². The average Bonchev–Trinajstić information content (AvgIpc) is 2.72. The van der Waals surface area contributed by atoms with Gasteiger partial charge in [0.2, 0.25) is 0 Å². The van der Waals surface area contributed by atoms with E-state index in [2.05, 4.69) is 57.3 Å². The van der Waals surface area contributed by atoms with Crippen LogP contribution in [0.15, 0.2) is 24.3 Å². The van der Waals surface area contributed by atoms with Crippen LogP contribution in [0.4, 0.5) is 0 Å². The third-order valence-electron chi connectivity index (χ3n) is 3.75. The number of aryl methyl sites for hydroxylation is 1. The van der Waals surface area contributed by atoms with Gasteiger partial charge in [-0.3, -0.25) is 4.68 Å². The highest BCUT2D eigenvalue weighted by atomic mass is 15.3. The number of nitrogens with one attached hydrogen (secondary N) is 1. The van der Waals surface area contributed by atoms with E-state index in [0.29, 0.717) is 11.5 Å². The molecule has 1 aromatic carbocycles. The fourth-order valence-electron chi connectivity index (χ4n) is 2.66. The Bertz CT molecular complexity index is 563. The molecule has 0 amide bonds. The molecule has 1 N–H and O–H groups in total. The van der Waals surface area contributed by atoms with Crippen LogP contribution < -0.4 is 5.32 Å². The molecule has 0 aliphatic rings. The zero-order valence-corrected chi connectivity index (χ0v) is 13.4. The molecule has 0 aliphatic carbocycles. The summed E-state index contributed by atoms with van der Waals surface area (Å²) >= 11 is 0. The molecule has 110 valence electrons. The van der Waals surface area contributed by atoms with E-state index in [0.717, 1.165) is 13.0 Å². The van der Waals surface area contributed by atoms with Crippen LogP contribution in [0.2, 0.25) is 0 Å². The van der Waals surface area contributed by atoms with Gasteiger partial charge < -0.3 is 5.32 Å². The number of fused-ring (bicyclic) bond motifs is 1. The van der Waals surface area contributed by atoms with Crippen molar-refractivity contribution >= 4 is 10.9 Å². The standard InChI is InChI=1S/C17H27N3/c1-6-18-14(11-12-17(2,3)4)16-13-9-7-8-10-15(13)20(5)19-16/h7-10,14,18H,6,11-12H2,1-5H3. The molecular formula is C17H27N3. The first-order valence-corrected chi connectivity index (χ1v) is 7.57. The van der Waals surface area contributed by atoms with Crippen LogP contribution in [-0.4, -0.2) is 16.3 Å². The van der Waals surface area contributed by atoms with Crippen molar-refractivity contribution in [3.05, 3.63) is 30.0 Å². The predicted octanol–water partition coefficient (Wildman–Crippen LogP) is 4.05. The van der Waals surface area contributed by atoms with Gasteiger partial charge >= 0.3 is 0 Å². The summed E-state index contributed by atoms with van der Waals surface area (Å²) in [5.41, 5.74) is 2.76. The first-order chi connectivity index (χ1) is 9.42. The second-order valence-electron chi connectivity index (χ2n) is 6.74. The number of para-hydroxylation sites is 1. The molecule has 0 saturated heterocycles. The minimum Gasteiger partial charge on any atom is -0.309 e. The molecule has 1 aromatic heterocycles. The predicted molar refractivity (Wildman–Crippen MR) is 85.8 cm³/mol. The summed E-state index contributed by atoms with van der Waals surface area (Å²) in [7, 11) is 2.03. The lowest BCUT2D eigenvalue weighted by Gasteiger charge is -2.23. The molecule has 3 heteroatoms. The van der Waals surface area contributed by atoms with Crippen LogP contribution in [0, 0.1) is 5.41 Å². The number of nitrogens with zero attached hydrogens (tertiary/aromatic N) is 2. The molecule has 2 aromatic rings. The lowest BCUT2D eigenvalue weighted by molar-refractivity contribution is 0.331. The van der Waals surface area contributed by atoms with E-state index in [1.807, 2.05) is 11.7 Å². The van der Waals surface area contributed by atoms with Crippen molar-refractivity contribution in [3.63, 3.8) is 0 Å². The second kappa shape index (κ2) is 5.96. The van der Waals surface area contributed by atoms with Gasteiger partial charge in [0, 0.05) is 12.4 Å². The first kappa shape index (κ1) is 15.0. The Morgan fingerprint density at radius 1 is 1.25 bits per heavy atom. The number of hydrogen-bond donors (Lipinski definition) is 1. The van der Waals surface area contributed by atoms with Gasteiger partial charge in [-0.2, -0.15) is 5.10 Å². The van der Waals surface area contributed by atoms with E-state index in [-0.39, 0.29) is 0 Å². The maximum absolute atomic E-state index is 4.76. The Hall–Kier alpha value is -1.35. The van der Waals surface area contributed by atoms with Crippen molar-refractivity contribution in [2.45, 2.75) is 46.6 Å². The summed E-state index contributed by atoms with van der Waals surface area (Å²) in [5, 5.41) is 9.64. The van der Waals surface area contributed by atoms with E-state index < -0.39 is 0 Å². The molecular weight excluding hydrogens is 246 g/mol. The van der Waals surface area contributed by atoms with Crippen molar-refractivity contribution in [3.8, 4) is 0 Å². The van der Waals surface area contributed by atoms with Gasteiger partial charge in [-0.15, -0.1) is 0 Å². The highest BCUT2D eigenvalue weighted by Crippen LogP contribution is 2.30. The lowest BCUT2D eigenvalue weighted by Crippen LogP contribution is -2.23. The van der Waals surface area contributed by atoms with E-state index in [1.54, 1.807) is 0 Å². The molecule has 0 saturated carbocycles. The molecule has 1 atom stereocenters. The molecule has 0 aliphatic heterocycles. The first-order valence-electron chi connectivity index (χ1n) is 7.57. The monoisotopic (exact) mass is 273 g/mol. The van der Waals surface area contributed by atoms with Crippen LogP contribution in [0.5, 0.6) is 0 Å². The summed E-state index contributed by atoms with van der Waals surface area (Å²) in [6.07, 6.45) is 2.31. The quantitative estimate of drug-likeness (QED) is 0.890. The largest absolute Gasteiger partial charge is 0.309 e. The lowest BCUT2D eigenvalue weighted by atomic mass is 9.87. The molecule has 20 heavy (non-hydrogen) atoms. The highest BCUT2D eigenvalue weighted by molar-refractivity contribution is 5.82. The molecule has 1 unspecified atom stereocenters. The minimum atomic E-state index is 0.338. The van der Waals surface area contributed by atoms with E-state index in [4.69, 9.17) is 5.10 Å². The second-order valence-corrected chi connectivity index (χ2v) is 6.74. The molecule has 3 nitrogen and oxygen atoms in total. The third-order valence-corrected chi connectivity index (χ3v) is 3.75. The van der Waals surface area contributed by atoms with Gasteiger partial charge in [0.05, 0.1) is 17.3 Å². The Morgan fingerprint density at radius 2 is 1.95 bits per heavy atom. The number of aromatic nitrogens is 2. The van der Waals surface area contributed by atoms with Crippen molar-refractivity contribution in [1.29, 1.82) is 0 Å². The van der Waals surface area contributed by atoms with Crippen molar-refractivity contribution in [2.24, 2.45) is 12.5 Å². The highest BCUT2D eigenvalue weighted by Gasteiger charge is 2.20. The number of benzene rings is 1. The third kappa shape index (κ3) is 3.40. The summed E-state index contributed by atoms with van der Waals surface area (Å²) in [4.78, 5) is 0. The summed E-state index contributed by atoms with van der Waals surface area (Å²) in [6, 6.07) is 8.83. The Kier molecular flexibility index (Phi) is 4.48. The zero-order valence-electron chi connectivity index (χ0n) is 13.4. The van der Waals surface area contributed by atoms with Crippen molar-refractivity contribution in [1.82, 2.24) is 15.1 Å². The minimum absolute atomic E-state index is 0.338. The van der Waals surface area contributed by atoms with Gasteiger partial charge in [-0.1, -0.05) is 45.9 Å².